The fourth-order valence-electron chi connectivity index (χ4n) is 2.23. The summed E-state index contributed by atoms with van der Waals surface area (Å²) in [6.45, 7) is 4.02. The Hall–Kier alpha value is -2.02. The van der Waals surface area contributed by atoms with E-state index in [9.17, 15) is 4.79 Å². The first-order valence-corrected chi connectivity index (χ1v) is 6.32. The zero-order chi connectivity index (χ0) is 13.2. The van der Waals surface area contributed by atoms with Crippen molar-refractivity contribution >= 4 is 11.6 Å². The van der Waals surface area contributed by atoms with Crippen molar-refractivity contribution in [1.29, 1.82) is 0 Å². The van der Waals surface area contributed by atoms with Gasteiger partial charge >= 0.3 is 0 Å². The molecular weight excluding hydrogens is 246 g/mol. The molecule has 19 heavy (non-hydrogen) atoms. The Labute approximate surface area is 110 Å². The number of rotatable bonds is 1. The number of hydrogen-bond donors (Lipinski definition) is 0. The van der Waals surface area contributed by atoms with Gasteiger partial charge in [0.1, 0.15) is 0 Å². The number of carbonyl (C=O) groups is 1. The number of nitrogens with zero attached hydrogens (tertiary/aromatic N) is 5. The molecule has 2 aromatic heterocycles. The molecule has 1 unspecified atom stereocenters. The van der Waals surface area contributed by atoms with Crippen molar-refractivity contribution in [3.8, 4) is 0 Å². The summed E-state index contributed by atoms with van der Waals surface area (Å²) < 4.78 is 7.05. The summed E-state index contributed by atoms with van der Waals surface area (Å²) in [6.07, 6.45) is 2.60. The largest absolute Gasteiger partial charge is 0.377 e. The third-order valence-corrected chi connectivity index (χ3v) is 3.18. The molecule has 1 atom stereocenters. The van der Waals surface area contributed by atoms with Crippen LogP contribution in [0.25, 0.3) is 5.65 Å². The Balaban J connectivity index is 1.85. The van der Waals surface area contributed by atoms with Gasteiger partial charge in [-0.3, -0.25) is 4.79 Å². The number of amides is 1. The van der Waals surface area contributed by atoms with E-state index in [2.05, 4.69) is 15.5 Å². The van der Waals surface area contributed by atoms with E-state index >= 15 is 0 Å². The number of ether oxygens (including phenoxy) is 1. The third kappa shape index (κ3) is 2.41. The van der Waals surface area contributed by atoms with Gasteiger partial charge in [0.25, 0.3) is 5.91 Å². The predicted molar refractivity (Wildman–Crippen MR) is 66.7 cm³/mol. The van der Waals surface area contributed by atoms with Gasteiger partial charge in [0.2, 0.25) is 0 Å². The molecular formula is C12H15N5O2. The molecule has 1 amide bonds. The first-order chi connectivity index (χ1) is 9.24. The first-order valence-electron chi connectivity index (χ1n) is 6.32. The Kier molecular flexibility index (Phi) is 3.12. The highest BCUT2D eigenvalue weighted by molar-refractivity contribution is 5.94. The van der Waals surface area contributed by atoms with Crippen LogP contribution in [0, 0.1) is 0 Å². The van der Waals surface area contributed by atoms with Crippen LogP contribution in [0.3, 0.4) is 0 Å². The fourth-order valence-corrected chi connectivity index (χ4v) is 2.23. The monoisotopic (exact) mass is 261 g/mol. The van der Waals surface area contributed by atoms with Crippen LogP contribution in [0.2, 0.25) is 0 Å². The van der Waals surface area contributed by atoms with E-state index in [0.29, 0.717) is 24.4 Å². The van der Waals surface area contributed by atoms with Crippen molar-refractivity contribution in [3.63, 3.8) is 0 Å². The van der Waals surface area contributed by atoms with E-state index in [0.717, 1.165) is 13.0 Å². The zero-order valence-corrected chi connectivity index (χ0v) is 10.7. The summed E-state index contributed by atoms with van der Waals surface area (Å²) in [5.74, 6) is -0.00486. The number of tetrazole rings is 1. The van der Waals surface area contributed by atoms with Crippen molar-refractivity contribution in [1.82, 2.24) is 24.9 Å². The Bertz CT molecular complexity index is 597. The van der Waals surface area contributed by atoms with E-state index in [1.807, 2.05) is 11.8 Å². The highest BCUT2D eigenvalue weighted by Crippen LogP contribution is 2.11. The van der Waals surface area contributed by atoms with Gasteiger partial charge in [0.15, 0.2) is 5.65 Å². The van der Waals surface area contributed by atoms with E-state index < -0.39 is 0 Å². The van der Waals surface area contributed by atoms with Gasteiger partial charge in [-0.25, -0.2) is 0 Å². The maximum Gasteiger partial charge on any atom is 0.255 e. The molecule has 7 heteroatoms. The Morgan fingerprint density at radius 3 is 3.26 bits per heavy atom. The van der Waals surface area contributed by atoms with Crippen LogP contribution in [0.1, 0.15) is 23.7 Å². The smallest absolute Gasteiger partial charge is 0.255 e. The van der Waals surface area contributed by atoms with Crippen LogP contribution in [-0.4, -0.2) is 56.6 Å². The van der Waals surface area contributed by atoms with Crippen LogP contribution in [-0.2, 0) is 4.74 Å². The molecule has 1 aliphatic heterocycles. The third-order valence-electron chi connectivity index (χ3n) is 3.18. The fraction of sp³-hybridized carbons (Fsp3) is 0.500. The quantitative estimate of drug-likeness (QED) is 0.742. The molecule has 1 aliphatic rings. The molecule has 3 rings (SSSR count). The summed E-state index contributed by atoms with van der Waals surface area (Å²) in [4.78, 5) is 14.3. The van der Waals surface area contributed by atoms with Crippen LogP contribution >= 0.6 is 0 Å². The minimum absolute atomic E-state index is 0.00486. The van der Waals surface area contributed by atoms with E-state index in [4.69, 9.17) is 4.74 Å². The van der Waals surface area contributed by atoms with Gasteiger partial charge in [-0.1, -0.05) is 0 Å². The summed E-state index contributed by atoms with van der Waals surface area (Å²) in [7, 11) is 0. The van der Waals surface area contributed by atoms with Crippen molar-refractivity contribution in [2.45, 2.75) is 19.4 Å². The second kappa shape index (κ2) is 4.93. The second-order valence-electron chi connectivity index (χ2n) is 4.69. The number of pyridine rings is 1. The first kappa shape index (κ1) is 12.0. The summed E-state index contributed by atoms with van der Waals surface area (Å²) in [5, 5.41) is 11.2. The molecule has 0 bridgehead atoms. The zero-order valence-electron chi connectivity index (χ0n) is 10.7. The topological polar surface area (TPSA) is 72.6 Å². The minimum Gasteiger partial charge on any atom is -0.377 e. The molecule has 2 aromatic rings. The molecule has 0 aliphatic carbocycles. The van der Waals surface area contributed by atoms with Gasteiger partial charge in [-0.2, -0.15) is 4.52 Å². The molecule has 0 N–H and O–H groups in total. The predicted octanol–water partition coefficient (Wildman–Crippen LogP) is 0.375. The van der Waals surface area contributed by atoms with Gasteiger partial charge in [0, 0.05) is 25.9 Å². The molecule has 0 saturated carbocycles. The molecule has 0 radical (unpaired) electrons. The maximum atomic E-state index is 12.5. The lowest BCUT2D eigenvalue weighted by Gasteiger charge is -2.22. The Morgan fingerprint density at radius 1 is 1.47 bits per heavy atom. The highest BCUT2D eigenvalue weighted by Gasteiger charge is 2.21. The summed E-state index contributed by atoms with van der Waals surface area (Å²) in [5.41, 5.74) is 1.22. The lowest BCUT2D eigenvalue weighted by atomic mass is 10.2. The molecule has 1 saturated heterocycles. The number of carbonyl (C=O) groups excluding carboxylic acids is 1. The molecule has 1 fully saturated rings. The Morgan fingerprint density at radius 2 is 2.37 bits per heavy atom. The second-order valence-corrected chi connectivity index (χ2v) is 4.69. The van der Waals surface area contributed by atoms with Gasteiger partial charge < -0.3 is 9.64 Å². The van der Waals surface area contributed by atoms with Crippen LogP contribution < -0.4 is 0 Å². The number of aromatic nitrogens is 4. The van der Waals surface area contributed by atoms with Crippen molar-refractivity contribution < 1.29 is 9.53 Å². The highest BCUT2D eigenvalue weighted by atomic mass is 16.5. The van der Waals surface area contributed by atoms with Crippen molar-refractivity contribution in [2.24, 2.45) is 0 Å². The van der Waals surface area contributed by atoms with Gasteiger partial charge in [-0.15, -0.1) is 5.10 Å². The summed E-state index contributed by atoms with van der Waals surface area (Å²) >= 11 is 0. The van der Waals surface area contributed by atoms with Crippen LogP contribution in [0.15, 0.2) is 18.3 Å². The van der Waals surface area contributed by atoms with Crippen LogP contribution in [0.4, 0.5) is 0 Å². The van der Waals surface area contributed by atoms with Gasteiger partial charge in [-0.05, 0) is 35.9 Å². The normalized spacial score (nSPS) is 20.5. The lowest BCUT2D eigenvalue weighted by Crippen LogP contribution is -2.36. The van der Waals surface area contributed by atoms with E-state index in [-0.39, 0.29) is 12.0 Å². The van der Waals surface area contributed by atoms with Gasteiger partial charge in [0.05, 0.1) is 11.7 Å². The molecule has 0 spiro atoms. The average molecular weight is 261 g/mol. The number of fused-ring (bicyclic) bond motifs is 1. The lowest BCUT2D eigenvalue weighted by molar-refractivity contribution is 0.0562. The number of hydrogen-bond acceptors (Lipinski definition) is 5. The van der Waals surface area contributed by atoms with Crippen molar-refractivity contribution in [3.05, 3.63) is 23.9 Å². The molecule has 0 aromatic carbocycles. The SMILES string of the molecule is CC1CN(C(=O)c2ccc3nnnn3c2)CCCO1. The molecule has 7 nitrogen and oxygen atoms in total. The minimum atomic E-state index is -0.00486. The maximum absolute atomic E-state index is 12.5. The van der Waals surface area contributed by atoms with E-state index in [1.165, 1.54) is 4.52 Å². The van der Waals surface area contributed by atoms with Crippen LogP contribution in [0.5, 0.6) is 0 Å². The standard InChI is InChI=1S/C12H15N5O2/c1-9-7-16(5-2-6-19-9)12(18)10-3-4-11-13-14-15-17(11)8-10/h3-4,8-9H,2,5-7H2,1H3. The molecule has 3 heterocycles. The average Bonchev–Trinajstić information content (AvgIpc) is 2.78. The van der Waals surface area contributed by atoms with Crippen molar-refractivity contribution in [2.75, 3.05) is 19.7 Å². The summed E-state index contributed by atoms with van der Waals surface area (Å²) in [6, 6.07) is 3.50. The van der Waals surface area contributed by atoms with E-state index in [1.54, 1.807) is 18.3 Å². The molecule has 100 valence electrons.